The van der Waals surface area contributed by atoms with Gasteiger partial charge in [-0.05, 0) is 95.5 Å². The molecule has 0 aromatic heterocycles. The van der Waals surface area contributed by atoms with Gasteiger partial charge >= 0.3 is 11.9 Å². The van der Waals surface area contributed by atoms with Crippen molar-refractivity contribution in [1.82, 2.24) is 0 Å². The Bertz CT molecular complexity index is 1120. The second kappa shape index (κ2) is 40.2. The predicted molar refractivity (Wildman–Crippen MR) is 234 cm³/mol. The van der Waals surface area contributed by atoms with Crippen molar-refractivity contribution in [1.29, 1.82) is 0 Å². The minimum Gasteiger partial charge on any atom is -0.465 e. The summed E-state index contributed by atoms with van der Waals surface area (Å²) < 4.78 is 17.2. The van der Waals surface area contributed by atoms with E-state index in [1.807, 2.05) is 18.2 Å². The molecule has 0 aliphatic rings. The summed E-state index contributed by atoms with van der Waals surface area (Å²) in [4.78, 5) is 25.1. The van der Waals surface area contributed by atoms with Gasteiger partial charge in [-0.25, -0.2) is 0 Å². The van der Waals surface area contributed by atoms with E-state index < -0.39 is 0 Å². The first-order valence-corrected chi connectivity index (χ1v) is 22.0. The molecule has 0 heterocycles. The topological polar surface area (TPSA) is 61.8 Å². The lowest BCUT2D eigenvalue weighted by Gasteiger charge is -2.17. The molecular formula is C50H78O5. The molecule has 0 unspecified atom stereocenters. The van der Waals surface area contributed by atoms with Gasteiger partial charge in [-0.2, -0.15) is 0 Å². The molecule has 0 fully saturated rings. The third kappa shape index (κ3) is 36.0. The minimum atomic E-state index is -0.147. The summed E-state index contributed by atoms with van der Waals surface area (Å²) >= 11 is 0. The number of allylic oxidation sites excluding steroid dienone is 12. The second-order valence-corrected chi connectivity index (χ2v) is 14.5. The van der Waals surface area contributed by atoms with Crippen molar-refractivity contribution in [2.45, 2.75) is 168 Å². The normalized spacial score (nSPS) is 12.3. The van der Waals surface area contributed by atoms with Crippen LogP contribution in [0, 0.1) is 5.92 Å². The molecule has 0 spiro atoms. The maximum Gasteiger partial charge on any atom is 0.305 e. The van der Waals surface area contributed by atoms with E-state index in [0.717, 1.165) is 109 Å². The highest BCUT2D eigenvalue weighted by Gasteiger charge is 2.15. The molecule has 308 valence electrons. The molecule has 0 N–H and O–H groups in total. The molecule has 0 amide bonds. The highest BCUT2D eigenvalue weighted by atomic mass is 16.5. The smallest absolute Gasteiger partial charge is 0.305 e. The summed E-state index contributed by atoms with van der Waals surface area (Å²) in [5.74, 6) is -0.289. The monoisotopic (exact) mass is 759 g/mol. The number of rotatable bonds is 37. The molecule has 5 heteroatoms. The number of carbonyl (C=O) groups excluding carboxylic acids is 2. The molecule has 5 nitrogen and oxygen atoms in total. The molecule has 0 saturated carbocycles. The summed E-state index contributed by atoms with van der Waals surface area (Å²) in [6.45, 7) is 6.20. The Labute approximate surface area is 337 Å². The van der Waals surface area contributed by atoms with Crippen LogP contribution >= 0.6 is 0 Å². The zero-order chi connectivity index (χ0) is 39.5. The van der Waals surface area contributed by atoms with E-state index in [1.54, 1.807) is 0 Å². The average Bonchev–Trinajstić information content (AvgIpc) is 3.20. The standard InChI is InChI=1S/C50H78O5/c1-3-5-7-9-11-13-15-17-19-21-23-25-27-29-34-41-49(51)54-45-48(40-36-37-43-53-44-47-38-32-31-33-39-47)46-55-50(52)42-35-30-28-26-24-22-20-18-16-14-12-10-8-6-4-2/h5-8,11-14,17-20,31-33,38-39,48H,3-4,9-10,15-16,21-30,34-37,40-46H2,1-2H3/b7-5-,8-6-,13-11-,14-12-,19-17-,20-18-. The van der Waals surface area contributed by atoms with Gasteiger partial charge in [0.2, 0.25) is 0 Å². The molecule has 0 radical (unpaired) electrons. The Hall–Kier alpha value is -3.44. The van der Waals surface area contributed by atoms with Crippen LogP contribution < -0.4 is 0 Å². The van der Waals surface area contributed by atoms with E-state index in [2.05, 4.69) is 98.9 Å². The van der Waals surface area contributed by atoms with Crippen LogP contribution in [0.4, 0.5) is 0 Å². The van der Waals surface area contributed by atoms with Gasteiger partial charge < -0.3 is 14.2 Å². The number of hydrogen-bond acceptors (Lipinski definition) is 5. The molecule has 1 aromatic rings. The van der Waals surface area contributed by atoms with Gasteiger partial charge in [0.15, 0.2) is 0 Å². The zero-order valence-corrected chi connectivity index (χ0v) is 35.0. The Balaban J connectivity index is 2.24. The van der Waals surface area contributed by atoms with Crippen LogP contribution in [0.1, 0.15) is 167 Å². The van der Waals surface area contributed by atoms with Crippen LogP contribution in [-0.2, 0) is 30.4 Å². The second-order valence-electron chi connectivity index (χ2n) is 14.5. The van der Waals surface area contributed by atoms with Crippen molar-refractivity contribution < 1.29 is 23.8 Å². The zero-order valence-electron chi connectivity index (χ0n) is 35.0. The fraction of sp³-hybridized carbons (Fsp3) is 0.600. The lowest BCUT2D eigenvalue weighted by Crippen LogP contribution is -2.21. The lowest BCUT2D eigenvalue weighted by molar-refractivity contribution is -0.149. The van der Waals surface area contributed by atoms with E-state index in [9.17, 15) is 9.59 Å². The van der Waals surface area contributed by atoms with Gasteiger partial charge in [0.25, 0.3) is 0 Å². The maximum atomic E-state index is 12.6. The fourth-order valence-corrected chi connectivity index (χ4v) is 5.96. The maximum absolute atomic E-state index is 12.6. The van der Waals surface area contributed by atoms with Crippen molar-refractivity contribution in [2.75, 3.05) is 19.8 Å². The van der Waals surface area contributed by atoms with E-state index in [1.165, 1.54) is 31.2 Å². The van der Waals surface area contributed by atoms with E-state index in [0.29, 0.717) is 39.3 Å². The van der Waals surface area contributed by atoms with Crippen molar-refractivity contribution >= 4 is 11.9 Å². The van der Waals surface area contributed by atoms with Crippen LogP contribution in [0.3, 0.4) is 0 Å². The molecule has 1 aromatic carbocycles. The number of ether oxygens (including phenoxy) is 3. The summed E-state index contributed by atoms with van der Waals surface area (Å²) in [5, 5.41) is 0. The Kier molecular flexibility index (Phi) is 36.3. The van der Waals surface area contributed by atoms with E-state index in [-0.39, 0.29) is 17.9 Å². The third-order valence-electron chi connectivity index (χ3n) is 9.29. The van der Waals surface area contributed by atoms with Gasteiger partial charge in [0.05, 0.1) is 19.8 Å². The molecular weight excluding hydrogens is 681 g/mol. The number of hydrogen-bond donors (Lipinski definition) is 0. The van der Waals surface area contributed by atoms with Crippen LogP contribution in [0.5, 0.6) is 0 Å². The quantitative estimate of drug-likeness (QED) is 0.0384. The SMILES string of the molecule is CC/C=C\C/C=C\C/C=C\CCCCCCCC(=O)OCC(CCCCOCc1ccccc1)COC(=O)CCCCCCC/C=C\C/C=C\C/C=C\CC. The lowest BCUT2D eigenvalue weighted by atomic mass is 10.0. The van der Waals surface area contributed by atoms with Crippen LogP contribution in [0.15, 0.2) is 103 Å². The third-order valence-corrected chi connectivity index (χ3v) is 9.29. The average molecular weight is 759 g/mol. The first-order valence-electron chi connectivity index (χ1n) is 22.0. The number of benzene rings is 1. The molecule has 1 rings (SSSR count). The van der Waals surface area contributed by atoms with Crippen LogP contribution in [0.2, 0.25) is 0 Å². The molecule has 0 aliphatic heterocycles. The predicted octanol–water partition coefficient (Wildman–Crippen LogP) is 14.3. The first kappa shape index (κ1) is 49.6. The molecule has 0 atom stereocenters. The highest BCUT2D eigenvalue weighted by Crippen LogP contribution is 2.15. The van der Waals surface area contributed by atoms with Gasteiger partial charge in [0.1, 0.15) is 0 Å². The molecule has 0 saturated heterocycles. The van der Waals surface area contributed by atoms with Crippen LogP contribution in [-0.4, -0.2) is 31.8 Å². The summed E-state index contributed by atoms with van der Waals surface area (Å²) in [6.07, 6.45) is 49.7. The number of esters is 2. The minimum absolute atomic E-state index is 0.00454. The Morgan fingerprint density at radius 1 is 0.509 bits per heavy atom. The van der Waals surface area contributed by atoms with Crippen LogP contribution in [0.25, 0.3) is 0 Å². The van der Waals surface area contributed by atoms with E-state index >= 15 is 0 Å². The highest BCUT2D eigenvalue weighted by molar-refractivity contribution is 5.69. The van der Waals surface area contributed by atoms with Crippen molar-refractivity contribution in [2.24, 2.45) is 5.92 Å². The van der Waals surface area contributed by atoms with Gasteiger partial charge in [-0.15, -0.1) is 0 Å². The first-order chi connectivity index (χ1) is 27.2. The number of carbonyl (C=O) groups is 2. The van der Waals surface area contributed by atoms with Gasteiger partial charge in [-0.3, -0.25) is 9.59 Å². The largest absolute Gasteiger partial charge is 0.465 e. The Morgan fingerprint density at radius 3 is 1.44 bits per heavy atom. The summed E-state index contributed by atoms with van der Waals surface area (Å²) in [5.41, 5.74) is 1.17. The summed E-state index contributed by atoms with van der Waals surface area (Å²) in [7, 11) is 0. The van der Waals surface area contributed by atoms with Crippen molar-refractivity contribution in [3.63, 3.8) is 0 Å². The summed E-state index contributed by atoms with van der Waals surface area (Å²) in [6, 6.07) is 10.2. The Morgan fingerprint density at radius 2 is 0.945 bits per heavy atom. The molecule has 0 aliphatic carbocycles. The van der Waals surface area contributed by atoms with Gasteiger partial charge in [-0.1, -0.05) is 162 Å². The number of unbranched alkanes of at least 4 members (excludes halogenated alkanes) is 11. The van der Waals surface area contributed by atoms with Crippen molar-refractivity contribution in [3.05, 3.63) is 109 Å². The molecule has 0 bridgehead atoms. The van der Waals surface area contributed by atoms with Crippen molar-refractivity contribution in [3.8, 4) is 0 Å². The van der Waals surface area contributed by atoms with E-state index in [4.69, 9.17) is 14.2 Å². The fourth-order valence-electron chi connectivity index (χ4n) is 5.96. The molecule has 55 heavy (non-hydrogen) atoms. The van der Waals surface area contributed by atoms with Gasteiger partial charge in [0, 0.05) is 25.4 Å².